The van der Waals surface area contributed by atoms with Crippen LogP contribution in [0.15, 0.2) is 36.9 Å². The van der Waals surface area contributed by atoms with Crippen molar-refractivity contribution in [2.24, 2.45) is 17.8 Å². The Labute approximate surface area is 192 Å². The third-order valence-electron chi connectivity index (χ3n) is 8.02. The topological polar surface area (TPSA) is 9.23 Å². The predicted octanol–water partition coefficient (Wildman–Crippen LogP) is 8.95. The fourth-order valence-electron chi connectivity index (χ4n) is 6.27. The zero-order valence-electron chi connectivity index (χ0n) is 19.6. The summed E-state index contributed by atoms with van der Waals surface area (Å²) >= 11 is 0. The van der Waals surface area contributed by atoms with Crippen molar-refractivity contribution in [2.45, 2.75) is 83.5 Å². The molecule has 1 nitrogen and oxygen atoms in total. The summed E-state index contributed by atoms with van der Waals surface area (Å²) < 4.78 is 35.3. The molecule has 0 radical (unpaired) electrons. The normalized spacial score (nSPS) is 25.5. The van der Waals surface area contributed by atoms with E-state index < -0.39 is 5.82 Å². The molecule has 0 N–H and O–H groups in total. The van der Waals surface area contributed by atoms with Gasteiger partial charge < -0.3 is 4.74 Å². The van der Waals surface area contributed by atoms with Crippen LogP contribution in [0.3, 0.4) is 0 Å². The smallest absolute Gasteiger partial charge is 0.172 e. The maximum atomic E-state index is 15.1. The minimum absolute atomic E-state index is 0.150. The highest BCUT2D eigenvalue weighted by Gasteiger charge is 2.36. The van der Waals surface area contributed by atoms with E-state index in [1.54, 1.807) is 12.1 Å². The molecule has 174 valence electrons. The summed E-state index contributed by atoms with van der Waals surface area (Å²) in [7, 11) is 0. The van der Waals surface area contributed by atoms with Gasteiger partial charge in [-0.05, 0) is 84.9 Å². The van der Waals surface area contributed by atoms with Gasteiger partial charge in [0.15, 0.2) is 11.6 Å². The van der Waals surface area contributed by atoms with Crippen LogP contribution in [-0.2, 0) is 0 Å². The molecule has 0 aliphatic heterocycles. The third-order valence-corrected chi connectivity index (χ3v) is 8.02. The number of unbranched alkanes of at least 4 members (excludes halogenated alkanes) is 3. The van der Waals surface area contributed by atoms with E-state index in [4.69, 9.17) is 4.74 Å². The Hall–Kier alpha value is -1.90. The molecule has 2 aliphatic rings. The lowest BCUT2D eigenvalue weighted by Crippen LogP contribution is -2.30. The molecule has 0 bridgehead atoms. The van der Waals surface area contributed by atoms with Crippen molar-refractivity contribution in [3.05, 3.63) is 54.1 Å². The van der Waals surface area contributed by atoms with Crippen LogP contribution in [0.25, 0.3) is 10.8 Å². The van der Waals surface area contributed by atoms with E-state index in [2.05, 4.69) is 13.5 Å². The molecule has 0 spiro atoms. The number of rotatable bonds is 9. The first-order chi connectivity index (χ1) is 15.6. The Balaban J connectivity index is 1.42. The lowest BCUT2D eigenvalue weighted by molar-refractivity contribution is 0.112. The van der Waals surface area contributed by atoms with E-state index in [1.165, 1.54) is 63.9 Å². The van der Waals surface area contributed by atoms with Crippen LogP contribution < -0.4 is 4.74 Å². The summed E-state index contributed by atoms with van der Waals surface area (Å²) in [6, 6.07) is 6.74. The largest absolute Gasteiger partial charge is 0.486 e. The molecule has 0 heterocycles. The van der Waals surface area contributed by atoms with Gasteiger partial charge in [0.25, 0.3) is 0 Å². The zero-order chi connectivity index (χ0) is 22.5. The summed E-state index contributed by atoms with van der Waals surface area (Å²) in [6.07, 6.45) is 15.8. The van der Waals surface area contributed by atoms with E-state index >= 15 is 4.39 Å². The van der Waals surface area contributed by atoms with Gasteiger partial charge in [-0.2, -0.15) is 0 Å². The fourth-order valence-corrected chi connectivity index (χ4v) is 6.27. The third kappa shape index (κ3) is 5.18. The van der Waals surface area contributed by atoms with Crippen LogP contribution in [0.1, 0.15) is 89.0 Å². The quantitative estimate of drug-likeness (QED) is 0.279. The monoisotopic (exact) mass is 440 g/mol. The minimum atomic E-state index is -0.490. The Kier molecular flexibility index (Phi) is 7.86. The van der Waals surface area contributed by atoms with Gasteiger partial charge in [-0.3, -0.25) is 0 Å². The minimum Gasteiger partial charge on any atom is -0.486 e. The molecule has 32 heavy (non-hydrogen) atoms. The molecule has 3 heteroatoms. The van der Waals surface area contributed by atoms with Crippen molar-refractivity contribution in [3.63, 3.8) is 0 Å². The number of benzene rings is 2. The highest BCUT2D eigenvalue weighted by molar-refractivity contribution is 5.85. The van der Waals surface area contributed by atoms with Gasteiger partial charge >= 0.3 is 0 Å². The Bertz CT molecular complexity index is 921. The zero-order valence-corrected chi connectivity index (χ0v) is 19.6. The summed E-state index contributed by atoms with van der Waals surface area (Å²) in [5.74, 6) is 2.09. The van der Waals surface area contributed by atoms with Gasteiger partial charge in [-0.15, -0.1) is 0 Å². The summed E-state index contributed by atoms with van der Waals surface area (Å²) in [6.45, 7) is 6.09. The van der Waals surface area contributed by atoms with E-state index in [-0.39, 0.29) is 24.1 Å². The van der Waals surface area contributed by atoms with Crippen molar-refractivity contribution in [2.75, 3.05) is 6.61 Å². The number of halogens is 2. The summed E-state index contributed by atoms with van der Waals surface area (Å²) in [5, 5.41) is 1.05. The summed E-state index contributed by atoms with van der Waals surface area (Å²) in [4.78, 5) is 0. The van der Waals surface area contributed by atoms with Crippen molar-refractivity contribution in [1.29, 1.82) is 0 Å². The predicted molar refractivity (Wildman–Crippen MR) is 129 cm³/mol. The molecule has 2 aromatic carbocycles. The van der Waals surface area contributed by atoms with Crippen LogP contribution in [0.4, 0.5) is 8.78 Å². The first-order valence-corrected chi connectivity index (χ1v) is 12.8. The molecule has 2 aromatic rings. The second-order valence-electron chi connectivity index (χ2n) is 10.1. The van der Waals surface area contributed by atoms with E-state index in [9.17, 15) is 4.39 Å². The highest BCUT2D eigenvalue weighted by atomic mass is 19.1. The molecule has 0 amide bonds. The Morgan fingerprint density at radius 2 is 1.81 bits per heavy atom. The maximum absolute atomic E-state index is 15.1. The summed E-state index contributed by atoms with van der Waals surface area (Å²) in [5.41, 5.74) is 0.775. The lowest BCUT2D eigenvalue weighted by Gasteiger charge is -2.42. The molecule has 4 rings (SSSR count). The van der Waals surface area contributed by atoms with Gasteiger partial charge in [-0.25, -0.2) is 8.78 Å². The van der Waals surface area contributed by atoms with Gasteiger partial charge in [0.1, 0.15) is 12.4 Å². The van der Waals surface area contributed by atoms with Crippen LogP contribution in [0.2, 0.25) is 0 Å². The Morgan fingerprint density at radius 3 is 2.62 bits per heavy atom. The average Bonchev–Trinajstić information content (AvgIpc) is 2.81. The molecule has 0 saturated heterocycles. The van der Waals surface area contributed by atoms with E-state index in [0.29, 0.717) is 5.39 Å². The number of hydrogen-bond donors (Lipinski definition) is 0. The van der Waals surface area contributed by atoms with Gasteiger partial charge in [-0.1, -0.05) is 64.2 Å². The average molecular weight is 441 g/mol. The van der Waals surface area contributed by atoms with Gasteiger partial charge in [0.2, 0.25) is 0 Å². The van der Waals surface area contributed by atoms with Crippen LogP contribution in [0, 0.1) is 29.4 Å². The fraction of sp³-hybridized carbons (Fsp3) is 0.586. The van der Waals surface area contributed by atoms with Crippen molar-refractivity contribution in [3.8, 4) is 5.75 Å². The van der Waals surface area contributed by atoms with Crippen LogP contribution in [-0.4, -0.2) is 6.61 Å². The molecule has 2 aliphatic carbocycles. The SMILES string of the molecule is C=CCOc1ccc2cc([C@@H]3CC[C@@H]4CC(CCCCCC)CCC4C3)c(F)cc2c1F. The van der Waals surface area contributed by atoms with Gasteiger partial charge in [0.05, 0.1) is 0 Å². The molecular weight excluding hydrogens is 402 g/mol. The maximum Gasteiger partial charge on any atom is 0.172 e. The number of fused-ring (bicyclic) bond motifs is 2. The number of hydrogen-bond acceptors (Lipinski definition) is 1. The first-order valence-electron chi connectivity index (χ1n) is 12.8. The molecule has 0 aromatic heterocycles. The molecule has 2 saturated carbocycles. The van der Waals surface area contributed by atoms with Gasteiger partial charge in [0, 0.05) is 5.39 Å². The second-order valence-corrected chi connectivity index (χ2v) is 10.1. The standard InChI is InChI=1S/C29H38F2O/c1-3-5-6-7-8-20-9-10-22-17-23(12-11-21(22)16-20)25-18-24-13-14-28(32-15-4-2)29(31)26(24)19-27(25)30/h4,13-14,18-23H,2-3,5-12,15-17H2,1H3/t20?,21-,22?,23-/m1/s1. The lowest BCUT2D eigenvalue weighted by atomic mass is 9.63. The van der Waals surface area contributed by atoms with Crippen LogP contribution >= 0.6 is 0 Å². The molecule has 2 unspecified atom stereocenters. The van der Waals surface area contributed by atoms with Crippen molar-refractivity contribution in [1.82, 2.24) is 0 Å². The number of ether oxygens (including phenoxy) is 1. The first kappa shape index (κ1) is 23.3. The molecule has 2 fully saturated rings. The van der Waals surface area contributed by atoms with E-state index in [1.807, 2.05) is 12.1 Å². The van der Waals surface area contributed by atoms with Crippen LogP contribution in [0.5, 0.6) is 5.75 Å². The second kappa shape index (κ2) is 10.8. The highest BCUT2D eigenvalue weighted by Crippen LogP contribution is 2.49. The molecular formula is C29H38F2O. The van der Waals surface area contributed by atoms with Crippen molar-refractivity contribution >= 4 is 10.8 Å². The van der Waals surface area contributed by atoms with Crippen molar-refractivity contribution < 1.29 is 13.5 Å². The van der Waals surface area contributed by atoms with E-state index in [0.717, 1.165) is 41.5 Å². The molecule has 4 atom stereocenters. The Morgan fingerprint density at radius 1 is 1.00 bits per heavy atom.